The van der Waals surface area contributed by atoms with Gasteiger partial charge in [-0.05, 0) is 27.6 Å². The maximum absolute atomic E-state index is 11.2. The number of hydrogen-bond donors (Lipinski definition) is 2. The molecule has 2 aromatic carbocycles. The van der Waals surface area contributed by atoms with Crippen molar-refractivity contribution in [3.8, 4) is 11.5 Å². The number of methoxy groups -OCH3 is 1. The minimum atomic E-state index is -1.03. The molecule has 0 amide bonds. The average molecular weight is 376 g/mol. The Morgan fingerprint density at radius 3 is 2.65 bits per heavy atom. The zero-order valence-electron chi connectivity index (χ0n) is 12.3. The van der Waals surface area contributed by atoms with Gasteiger partial charge in [-0.2, -0.15) is 0 Å². The minimum Gasteiger partial charge on any atom is -0.493 e. The number of fused-ring (bicyclic) bond motifs is 1. The Morgan fingerprint density at radius 1 is 1.26 bits per heavy atom. The number of H-pyrrole nitrogens is 1. The third kappa shape index (κ3) is 3.03. The molecule has 0 saturated heterocycles. The van der Waals surface area contributed by atoms with Gasteiger partial charge in [0.1, 0.15) is 12.3 Å². The van der Waals surface area contributed by atoms with Crippen molar-refractivity contribution in [1.29, 1.82) is 0 Å². The molecule has 2 N–H and O–H groups in total. The lowest BCUT2D eigenvalue weighted by molar-refractivity contribution is 0.0691. The molecular formula is C17H14BrNO4. The molecule has 118 valence electrons. The lowest BCUT2D eigenvalue weighted by atomic mass is 10.2. The first-order chi connectivity index (χ1) is 11.1. The predicted molar refractivity (Wildman–Crippen MR) is 90.3 cm³/mol. The van der Waals surface area contributed by atoms with Crippen LogP contribution in [0.2, 0.25) is 0 Å². The van der Waals surface area contributed by atoms with Gasteiger partial charge in [0.15, 0.2) is 11.5 Å². The van der Waals surface area contributed by atoms with Gasteiger partial charge in [0.25, 0.3) is 0 Å². The molecule has 3 rings (SSSR count). The van der Waals surface area contributed by atoms with Gasteiger partial charge in [0, 0.05) is 15.9 Å². The molecule has 0 spiro atoms. The molecule has 0 saturated carbocycles. The number of aromatic nitrogens is 1. The van der Waals surface area contributed by atoms with Crippen LogP contribution in [-0.2, 0) is 6.61 Å². The molecular weight excluding hydrogens is 362 g/mol. The van der Waals surface area contributed by atoms with Gasteiger partial charge in [-0.15, -0.1) is 0 Å². The molecule has 6 heteroatoms. The van der Waals surface area contributed by atoms with Crippen molar-refractivity contribution in [2.45, 2.75) is 6.61 Å². The number of halogens is 1. The molecule has 23 heavy (non-hydrogen) atoms. The Bertz CT molecular complexity index is 858. The van der Waals surface area contributed by atoms with Crippen molar-refractivity contribution in [2.75, 3.05) is 7.11 Å². The summed E-state index contributed by atoms with van der Waals surface area (Å²) in [7, 11) is 1.55. The number of aromatic carboxylic acids is 1. The monoisotopic (exact) mass is 375 g/mol. The summed E-state index contributed by atoms with van der Waals surface area (Å²) < 4.78 is 12.0. The second-order valence-corrected chi connectivity index (χ2v) is 5.80. The number of carboxylic acid groups (broad SMARTS) is 1. The summed E-state index contributed by atoms with van der Waals surface area (Å²) in [6.07, 6.45) is 0. The van der Waals surface area contributed by atoms with Crippen molar-refractivity contribution in [2.24, 2.45) is 0 Å². The lowest BCUT2D eigenvalue weighted by Gasteiger charge is -2.13. The highest BCUT2D eigenvalue weighted by atomic mass is 79.9. The first-order valence-corrected chi connectivity index (χ1v) is 7.68. The molecule has 5 nitrogen and oxygen atoms in total. The standard InChI is InChI=1S/C17H14BrNO4/c1-22-14-8-12(18)15-11(7-13(19-15)17(20)21)16(14)23-9-10-5-3-2-4-6-10/h2-8,19H,9H2,1H3,(H,20,21). The molecule has 0 aliphatic carbocycles. The van der Waals surface area contributed by atoms with Gasteiger partial charge in [-0.1, -0.05) is 30.3 Å². The van der Waals surface area contributed by atoms with Crippen molar-refractivity contribution in [1.82, 2.24) is 4.98 Å². The Balaban J connectivity index is 2.06. The van der Waals surface area contributed by atoms with E-state index in [0.29, 0.717) is 33.5 Å². The first kappa shape index (κ1) is 15.4. The summed E-state index contributed by atoms with van der Waals surface area (Å²) in [4.78, 5) is 14.1. The number of rotatable bonds is 5. The Labute approximate surface area is 141 Å². The fraction of sp³-hybridized carbons (Fsp3) is 0.118. The maximum atomic E-state index is 11.2. The topological polar surface area (TPSA) is 71.6 Å². The predicted octanol–water partition coefficient (Wildman–Crippen LogP) is 4.22. The van der Waals surface area contributed by atoms with Gasteiger partial charge in [-0.25, -0.2) is 4.79 Å². The Morgan fingerprint density at radius 2 is 2.00 bits per heavy atom. The van der Waals surface area contributed by atoms with E-state index in [9.17, 15) is 9.90 Å². The zero-order chi connectivity index (χ0) is 16.4. The molecule has 0 fully saturated rings. The van der Waals surface area contributed by atoms with E-state index >= 15 is 0 Å². The SMILES string of the molecule is COc1cc(Br)c2[nH]c(C(=O)O)cc2c1OCc1ccccc1. The molecule has 0 aliphatic rings. The summed E-state index contributed by atoms with van der Waals surface area (Å²) in [5.74, 6) is 0.0237. The quantitative estimate of drug-likeness (QED) is 0.700. The van der Waals surface area contributed by atoms with Crippen LogP contribution in [-0.4, -0.2) is 23.2 Å². The molecule has 0 atom stereocenters. The van der Waals surface area contributed by atoms with Crippen LogP contribution < -0.4 is 9.47 Å². The van der Waals surface area contributed by atoms with Crippen LogP contribution in [0.3, 0.4) is 0 Å². The molecule has 0 bridgehead atoms. The largest absolute Gasteiger partial charge is 0.493 e. The molecule has 0 unspecified atom stereocenters. The number of carbonyl (C=O) groups is 1. The second-order valence-electron chi connectivity index (χ2n) is 4.94. The highest BCUT2D eigenvalue weighted by Gasteiger charge is 2.18. The summed E-state index contributed by atoms with van der Waals surface area (Å²) in [5.41, 5.74) is 1.77. The minimum absolute atomic E-state index is 0.0958. The molecule has 1 heterocycles. The smallest absolute Gasteiger partial charge is 0.352 e. The van der Waals surface area contributed by atoms with Crippen molar-refractivity contribution < 1.29 is 19.4 Å². The third-order valence-electron chi connectivity index (χ3n) is 3.46. The average Bonchev–Trinajstić information content (AvgIpc) is 3.01. The number of carboxylic acids is 1. The summed E-state index contributed by atoms with van der Waals surface area (Å²) >= 11 is 3.42. The van der Waals surface area contributed by atoms with Crippen LogP contribution in [0.4, 0.5) is 0 Å². The first-order valence-electron chi connectivity index (χ1n) is 6.89. The van der Waals surface area contributed by atoms with E-state index in [-0.39, 0.29) is 5.69 Å². The van der Waals surface area contributed by atoms with Gasteiger partial charge >= 0.3 is 5.97 Å². The fourth-order valence-corrected chi connectivity index (χ4v) is 2.87. The van der Waals surface area contributed by atoms with Crippen LogP contribution in [0.25, 0.3) is 10.9 Å². The van der Waals surface area contributed by atoms with E-state index in [1.807, 2.05) is 30.3 Å². The molecule has 0 aliphatic heterocycles. The summed E-state index contributed by atoms with van der Waals surface area (Å²) in [6, 6.07) is 13.0. The van der Waals surface area contributed by atoms with E-state index in [1.165, 1.54) is 0 Å². The van der Waals surface area contributed by atoms with Crippen molar-refractivity contribution >= 4 is 32.8 Å². The summed E-state index contributed by atoms with van der Waals surface area (Å²) in [5, 5.41) is 9.84. The molecule has 1 aromatic heterocycles. The Kier molecular flexibility index (Phi) is 4.25. The number of benzene rings is 2. The summed E-state index contributed by atoms with van der Waals surface area (Å²) in [6.45, 7) is 0.363. The Hall–Kier alpha value is -2.47. The van der Waals surface area contributed by atoms with Gasteiger partial charge in [0.05, 0.1) is 12.6 Å². The van der Waals surface area contributed by atoms with E-state index < -0.39 is 5.97 Å². The highest BCUT2D eigenvalue weighted by Crippen LogP contribution is 2.40. The zero-order valence-corrected chi connectivity index (χ0v) is 13.9. The van der Waals surface area contributed by atoms with Crippen molar-refractivity contribution in [3.05, 3.63) is 58.2 Å². The molecule has 0 radical (unpaired) electrons. The van der Waals surface area contributed by atoms with E-state index in [0.717, 1.165) is 5.56 Å². The van der Waals surface area contributed by atoms with Crippen LogP contribution in [0.5, 0.6) is 11.5 Å². The van der Waals surface area contributed by atoms with Crippen LogP contribution >= 0.6 is 15.9 Å². The van der Waals surface area contributed by atoms with Gasteiger partial charge in [-0.3, -0.25) is 0 Å². The van der Waals surface area contributed by atoms with E-state index in [1.54, 1.807) is 19.2 Å². The van der Waals surface area contributed by atoms with Crippen LogP contribution in [0, 0.1) is 0 Å². The number of ether oxygens (including phenoxy) is 2. The van der Waals surface area contributed by atoms with Gasteiger partial charge in [0.2, 0.25) is 0 Å². The van der Waals surface area contributed by atoms with E-state index in [4.69, 9.17) is 9.47 Å². The maximum Gasteiger partial charge on any atom is 0.352 e. The number of nitrogens with one attached hydrogen (secondary N) is 1. The number of hydrogen-bond acceptors (Lipinski definition) is 3. The van der Waals surface area contributed by atoms with Crippen molar-refractivity contribution in [3.63, 3.8) is 0 Å². The number of aromatic amines is 1. The third-order valence-corrected chi connectivity index (χ3v) is 4.08. The van der Waals surface area contributed by atoms with Crippen LogP contribution in [0.1, 0.15) is 16.1 Å². The normalized spacial score (nSPS) is 10.7. The fourth-order valence-electron chi connectivity index (χ4n) is 2.35. The van der Waals surface area contributed by atoms with Gasteiger partial charge < -0.3 is 19.6 Å². The second kappa shape index (κ2) is 6.34. The molecule has 3 aromatic rings. The lowest BCUT2D eigenvalue weighted by Crippen LogP contribution is -1.98. The highest BCUT2D eigenvalue weighted by molar-refractivity contribution is 9.10. The van der Waals surface area contributed by atoms with E-state index in [2.05, 4.69) is 20.9 Å². The van der Waals surface area contributed by atoms with Crippen LogP contribution in [0.15, 0.2) is 46.9 Å².